The van der Waals surface area contributed by atoms with E-state index in [0.29, 0.717) is 17.1 Å². The highest BCUT2D eigenvalue weighted by atomic mass is 35.5. The number of hydrogen-bond donors (Lipinski definition) is 1. The summed E-state index contributed by atoms with van der Waals surface area (Å²) >= 11 is 7.66. The van der Waals surface area contributed by atoms with E-state index >= 15 is 4.39 Å². The zero-order valence-corrected chi connectivity index (χ0v) is 24.9. The van der Waals surface area contributed by atoms with Gasteiger partial charge in [0, 0.05) is 29.2 Å². The minimum atomic E-state index is -4.43. The van der Waals surface area contributed by atoms with Crippen molar-refractivity contribution in [1.82, 2.24) is 4.98 Å². The summed E-state index contributed by atoms with van der Waals surface area (Å²) < 4.78 is 55.2. The number of nitrogens with zero attached hydrogens (tertiary/aromatic N) is 2. The molecule has 7 nitrogen and oxygen atoms in total. The van der Waals surface area contributed by atoms with Gasteiger partial charge in [-0.1, -0.05) is 48.0 Å². The second-order valence-electron chi connectivity index (χ2n) is 9.24. The first-order valence-corrected chi connectivity index (χ1v) is 15.3. The second-order valence-corrected chi connectivity index (χ2v) is 12.4. The molecule has 212 valence electrons. The lowest BCUT2D eigenvalue weighted by molar-refractivity contribution is 0.391. The molecule has 1 atom stereocenters. The van der Waals surface area contributed by atoms with E-state index in [9.17, 15) is 8.42 Å². The Balaban J connectivity index is 1.47. The van der Waals surface area contributed by atoms with E-state index < -0.39 is 20.7 Å². The number of methoxy groups -OCH3 is 2. The molecule has 0 amide bonds. The SMILES string of the molecule is COc1ccc(CN(c2nccs2)S(=O)(=O)c2cc(Cl)c(N[C@@H](C)c3ccc4ccccc4c3)cc2F)c(OC)c1. The molecular formula is C30H27ClFN3O4S2. The van der Waals surface area contributed by atoms with Gasteiger partial charge < -0.3 is 14.8 Å². The van der Waals surface area contributed by atoms with Crippen LogP contribution in [0.4, 0.5) is 15.2 Å². The molecule has 1 N–H and O–H groups in total. The number of aromatic nitrogens is 1. The molecule has 0 radical (unpaired) electrons. The van der Waals surface area contributed by atoms with Gasteiger partial charge in [-0.15, -0.1) is 11.3 Å². The maximum atomic E-state index is 15.6. The average molecular weight is 612 g/mol. The van der Waals surface area contributed by atoms with Crippen molar-refractivity contribution in [3.63, 3.8) is 0 Å². The number of nitrogens with one attached hydrogen (secondary N) is 1. The number of sulfonamides is 1. The third kappa shape index (κ3) is 5.95. The van der Waals surface area contributed by atoms with Gasteiger partial charge in [-0.3, -0.25) is 0 Å². The number of benzene rings is 4. The van der Waals surface area contributed by atoms with Crippen LogP contribution in [0.2, 0.25) is 5.02 Å². The summed E-state index contributed by atoms with van der Waals surface area (Å²) in [6, 6.07) is 21.1. The summed E-state index contributed by atoms with van der Waals surface area (Å²) in [5.41, 5.74) is 1.79. The van der Waals surface area contributed by atoms with Crippen molar-refractivity contribution in [2.24, 2.45) is 0 Å². The summed E-state index contributed by atoms with van der Waals surface area (Å²) in [4.78, 5) is 3.63. The minimum absolute atomic E-state index is 0.0683. The summed E-state index contributed by atoms with van der Waals surface area (Å²) in [5.74, 6) is 0.0285. The molecule has 0 bridgehead atoms. The van der Waals surface area contributed by atoms with E-state index in [0.717, 1.165) is 44.1 Å². The van der Waals surface area contributed by atoms with Gasteiger partial charge in [-0.2, -0.15) is 0 Å². The van der Waals surface area contributed by atoms with Crippen LogP contribution in [0.1, 0.15) is 24.1 Å². The number of thiazole rings is 1. The number of fused-ring (bicyclic) bond motifs is 1. The molecule has 0 aliphatic carbocycles. The van der Waals surface area contributed by atoms with Crippen molar-refractivity contribution in [2.75, 3.05) is 23.8 Å². The monoisotopic (exact) mass is 611 g/mol. The highest BCUT2D eigenvalue weighted by Crippen LogP contribution is 2.36. The van der Waals surface area contributed by atoms with Crippen LogP contribution in [0.5, 0.6) is 11.5 Å². The highest BCUT2D eigenvalue weighted by molar-refractivity contribution is 7.93. The summed E-state index contributed by atoms with van der Waals surface area (Å²) in [7, 11) is -1.43. The van der Waals surface area contributed by atoms with Crippen molar-refractivity contribution in [3.05, 3.63) is 106 Å². The Kier molecular flexibility index (Phi) is 8.35. The zero-order chi connectivity index (χ0) is 29.1. The van der Waals surface area contributed by atoms with Crippen molar-refractivity contribution >= 4 is 54.6 Å². The fourth-order valence-corrected chi connectivity index (χ4v) is 7.11. The van der Waals surface area contributed by atoms with Crippen LogP contribution in [0.3, 0.4) is 0 Å². The third-order valence-electron chi connectivity index (χ3n) is 6.68. The number of ether oxygens (including phenoxy) is 2. The van der Waals surface area contributed by atoms with Crippen molar-refractivity contribution < 1.29 is 22.3 Å². The summed E-state index contributed by atoms with van der Waals surface area (Å²) in [5, 5.41) is 7.29. The standard InChI is InChI=1S/C30H27ClFN3O4S2/c1-19(21-9-8-20-6-4-5-7-22(20)14-21)34-27-17-26(32)29(16-25(27)31)41(36,37)35(30-33-12-13-40-30)18-23-10-11-24(38-2)15-28(23)39-3/h4-17,19,34H,18H2,1-3H3/t19-/m0/s1. The Morgan fingerprint density at radius 3 is 2.51 bits per heavy atom. The van der Waals surface area contributed by atoms with Gasteiger partial charge in [0.2, 0.25) is 0 Å². The largest absolute Gasteiger partial charge is 0.497 e. The van der Waals surface area contributed by atoms with Gasteiger partial charge >= 0.3 is 0 Å². The molecule has 11 heteroatoms. The van der Waals surface area contributed by atoms with E-state index in [1.165, 1.54) is 20.4 Å². The quantitative estimate of drug-likeness (QED) is 0.174. The molecule has 0 unspecified atom stereocenters. The first-order valence-electron chi connectivity index (χ1n) is 12.6. The van der Waals surface area contributed by atoms with Crippen LogP contribution >= 0.6 is 22.9 Å². The maximum absolute atomic E-state index is 15.6. The molecule has 0 aliphatic rings. The maximum Gasteiger partial charge on any atom is 0.269 e. The third-order valence-corrected chi connectivity index (χ3v) is 9.65. The normalized spacial score (nSPS) is 12.2. The second kappa shape index (κ2) is 11.9. The molecule has 4 aromatic carbocycles. The van der Waals surface area contributed by atoms with Crippen LogP contribution in [-0.2, 0) is 16.6 Å². The Labute approximate surface area is 247 Å². The molecular weight excluding hydrogens is 585 g/mol. The number of hydrogen-bond acceptors (Lipinski definition) is 7. The van der Waals surface area contributed by atoms with E-state index in [1.54, 1.807) is 23.6 Å². The number of anilines is 2. The van der Waals surface area contributed by atoms with Gasteiger partial charge in [0.15, 0.2) is 5.13 Å². The van der Waals surface area contributed by atoms with Gasteiger partial charge in [-0.25, -0.2) is 22.1 Å². The predicted octanol–water partition coefficient (Wildman–Crippen LogP) is 7.67. The first-order chi connectivity index (χ1) is 19.7. The Hall–Kier alpha value is -3.86. The van der Waals surface area contributed by atoms with Crippen molar-refractivity contribution in [2.45, 2.75) is 24.4 Å². The van der Waals surface area contributed by atoms with E-state index in [2.05, 4.69) is 16.4 Å². The van der Waals surface area contributed by atoms with Gasteiger partial charge in [-0.05, 0) is 53.6 Å². The Morgan fingerprint density at radius 1 is 1.02 bits per heavy atom. The highest BCUT2D eigenvalue weighted by Gasteiger charge is 2.32. The zero-order valence-electron chi connectivity index (χ0n) is 22.5. The average Bonchev–Trinajstić information content (AvgIpc) is 3.51. The molecule has 0 saturated carbocycles. The van der Waals surface area contributed by atoms with Crippen molar-refractivity contribution in [1.29, 1.82) is 0 Å². The molecule has 5 rings (SSSR count). The molecule has 0 fully saturated rings. The molecule has 0 aliphatic heterocycles. The molecule has 0 saturated heterocycles. The van der Waals surface area contributed by atoms with E-state index in [-0.39, 0.29) is 28.4 Å². The van der Waals surface area contributed by atoms with E-state index in [1.807, 2.05) is 43.3 Å². The van der Waals surface area contributed by atoms with Gasteiger partial charge in [0.1, 0.15) is 22.2 Å². The van der Waals surface area contributed by atoms with Gasteiger partial charge in [0.25, 0.3) is 10.0 Å². The van der Waals surface area contributed by atoms with Gasteiger partial charge in [0.05, 0.1) is 31.5 Å². The fourth-order valence-electron chi connectivity index (χ4n) is 4.48. The Bertz CT molecular complexity index is 1800. The van der Waals surface area contributed by atoms with Crippen LogP contribution in [0.15, 0.2) is 89.3 Å². The van der Waals surface area contributed by atoms with Crippen LogP contribution in [0, 0.1) is 5.82 Å². The van der Waals surface area contributed by atoms with E-state index in [4.69, 9.17) is 21.1 Å². The topological polar surface area (TPSA) is 80.8 Å². The lowest BCUT2D eigenvalue weighted by Crippen LogP contribution is -2.31. The molecule has 5 aromatic rings. The fraction of sp³-hybridized carbons (Fsp3) is 0.167. The number of halogens is 2. The van der Waals surface area contributed by atoms with Crippen LogP contribution in [-0.4, -0.2) is 27.6 Å². The predicted molar refractivity (Wildman–Crippen MR) is 162 cm³/mol. The Morgan fingerprint density at radius 2 is 1.80 bits per heavy atom. The minimum Gasteiger partial charge on any atom is -0.497 e. The summed E-state index contributed by atoms with van der Waals surface area (Å²) in [6.07, 6.45) is 1.48. The molecule has 1 heterocycles. The number of rotatable bonds is 10. The molecule has 41 heavy (non-hydrogen) atoms. The lowest BCUT2D eigenvalue weighted by Gasteiger charge is -2.24. The smallest absolute Gasteiger partial charge is 0.269 e. The van der Waals surface area contributed by atoms with Crippen molar-refractivity contribution in [3.8, 4) is 11.5 Å². The van der Waals surface area contributed by atoms with Crippen LogP contribution in [0.25, 0.3) is 10.8 Å². The first kappa shape index (κ1) is 28.7. The molecule has 1 aromatic heterocycles. The molecule has 0 spiro atoms. The van der Waals surface area contributed by atoms with Crippen LogP contribution < -0.4 is 19.1 Å². The lowest BCUT2D eigenvalue weighted by atomic mass is 10.0. The summed E-state index contributed by atoms with van der Waals surface area (Å²) in [6.45, 7) is 1.77.